The number of hydrogen-bond donors (Lipinski definition) is 1. The molecule has 3 aromatic rings. The number of rotatable bonds is 7. The monoisotopic (exact) mass is 407 g/mol. The summed E-state index contributed by atoms with van der Waals surface area (Å²) in [6.07, 6.45) is 1.39. The molecule has 5 heteroatoms. The Morgan fingerprint density at radius 1 is 1.07 bits per heavy atom. The lowest BCUT2D eigenvalue weighted by Crippen LogP contribution is -2.39. The maximum atomic E-state index is 11.3. The summed E-state index contributed by atoms with van der Waals surface area (Å²) in [5, 5.41) is 11.4. The minimum atomic E-state index is -0.673. The van der Waals surface area contributed by atoms with E-state index in [1.54, 1.807) is 11.3 Å². The average Bonchev–Trinajstić information content (AvgIpc) is 3.28. The van der Waals surface area contributed by atoms with Crippen LogP contribution in [0.25, 0.3) is 0 Å². The Morgan fingerprint density at radius 2 is 1.86 bits per heavy atom. The number of likely N-dealkylation sites (tertiary alicyclic amines) is 1. The first-order chi connectivity index (χ1) is 14.2. The molecule has 0 amide bonds. The predicted octanol–water partition coefficient (Wildman–Crippen LogP) is 5.21. The van der Waals surface area contributed by atoms with Gasteiger partial charge in [0, 0.05) is 4.88 Å². The van der Waals surface area contributed by atoms with Gasteiger partial charge in [0.1, 0.15) is 12.4 Å². The Hall–Kier alpha value is -2.63. The molecule has 150 valence electrons. The van der Waals surface area contributed by atoms with Gasteiger partial charge in [0.05, 0.1) is 12.0 Å². The number of carbonyl (C=O) groups is 1. The quantitative estimate of drug-likeness (QED) is 0.584. The van der Waals surface area contributed by atoms with Crippen molar-refractivity contribution in [1.82, 2.24) is 4.90 Å². The van der Waals surface area contributed by atoms with Crippen LogP contribution in [0.1, 0.15) is 34.9 Å². The molecule has 0 radical (unpaired) electrons. The van der Waals surface area contributed by atoms with Gasteiger partial charge < -0.3 is 9.84 Å². The van der Waals surface area contributed by atoms with Crippen LogP contribution >= 0.6 is 11.3 Å². The van der Waals surface area contributed by atoms with Crippen molar-refractivity contribution in [3.05, 3.63) is 88.1 Å². The van der Waals surface area contributed by atoms with Crippen LogP contribution < -0.4 is 4.74 Å². The predicted molar refractivity (Wildman–Crippen MR) is 115 cm³/mol. The van der Waals surface area contributed by atoms with Gasteiger partial charge in [-0.3, -0.25) is 9.69 Å². The van der Waals surface area contributed by atoms with Crippen LogP contribution in [0.2, 0.25) is 0 Å². The van der Waals surface area contributed by atoms with Crippen molar-refractivity contribution < 1.29 is 14.6 Å². The lowest BCUT2D eigenvalue weighted by atomic mass is 9.93. The zero-order chi connectivity index (χ0) is 20.1. The third-order valence-corrected chi connectivity index (χ3v) is 6.40. The maximum absolute atomic E-state index is 11.3. The van der Waals surface area contributed by atoms with Gasteiger partial charge in [0.2, 0.25) is 0 Å². The van der Waals surface area contributed by atoms with Gasteiger partial charge >= 0.3 is 5.97 Å². The number of benzene rings is 2. The zero-order valence-electron chi connectivity index (χ0n) is 16.2. The Labute approximate surface area is 175 Å². The van der Waals surface area contributed by atoms with E-state index in [1.807, 2.05) is 30.3 Å². The molecule has 1 N–H and O–H groups in total. The lowest BCUT2D eigenvalue weighted by Gasteiger charge is -2.36. The summed E-state index contributed by atoms with van der Waals surface area (Å²) in [6.45, 7) is 2.11. The van der Waals surface area contributed by atoms with Crippen molar-refractivity contribution in [2.75, 3.05) is 13.1 Å². The molecule has 0 aliphatic carbocycles. The van der Waals surface area contributed by atoms with Gasteiger partial charge in [-0.15, -0.1) is 11.3 Å². The maximum Gasteiger partial charge on any atom is 0.306 e. The first kappa shape index (κ1) is 19.7. The molecule has 0 spiro atoms. The molecule has 1 saturated heterocycles. The number of piperidine rings is 1. The first-order valence-electron chi connectivity index (χ1n) is 9.97. The second-order valence-corrected chi connectivity index (χ2v) is 8.39. The van der Waals surface area contributed by atoms with Gasteiger partial charge in [-0.2, -0.15) is 0 Å². The third-order valence-electron chi connectivity index (χ3n) is 5.48. The van der Waals surface area contributed by atoms with E-state index in [1.165, 1.54) is 10.4 Å². The number of nitrogens with zero attached hydrogens (tertiary/aromatic N) is 1. The highest BCUT2D eigenvalue weighted by molar-refractivity contribution is 7.10. The summed E-state index contributed by atoms with van der Waals surface area (Å²) in [5.41, 5.74) is 2.33. The van der Waals surface area contributed by atoms with E-state index in [4.69, 9.17) is 4.74 Å². The lowest BCUT2D eigenvalue weighted by molar-refractivity contribution is -0.143. The Bertz CT molecular complexity index is 918. The molecule has 2 heterocycles. The molecule has 1 atom stereocenters. The molecule has 0 bridgehead atoms. The van der Waals surface area contributed by atoms with E-state index < -0.39 is 5.97 Å². The molecule has 2 aromatic carbocycles. The molecule has 1 aliphatic rings. The summed E-state index contributed by atoms with van der Waals surface area (Å²) in [5.74, 6) is -0.0438. The van der Waals surface area contributed by atoms with Crippen LogP contribution in [0.15, 0.2) is 72.1 Å². The van der Waals surface area contributed by atoms with Crippen LogP contribution in [0.5, 0.6) is 5.75 Å². The van der Waals surface area contributed by atoms with Crippen molar-refractivity contribution in [2.24, 2.45) is 5.92 Å². The number of carboxylic acid groups (broad SMARTS) is 1. The highest BCUT2D eigenvalue weighted by Crippen LogP contribution is 2.36. The van der Waals surface area contributed by atoms with Crippen molar-refractivity contribution in [1.29, 1.82) is 0 Å². The minimum Gasteiger partial charge on any atom is -0.489 e. The first-order valence-corrected chi connectivity index (χ1v) is 10.9. The van der Waals surface area contributed by atoms with Gasteiger partial charge in [-0.1, -0.05) is 48.5 Å². The molecule has 4 rings (SSSR count). The van der Waals surface area contributed by atoms with Gasteiger partial charge in [0.25, 0.3) is 0 Å². The van der Waals surface area contributed by atoms with E-state index in [0.717, 1.165) is 24.4 Å². The second kappa shape index (κ2) is 9.25. The van der Waals surface area contributed by atoms with E-state index in [0.29, 0.717) is 19.4 Å². The fraction of sp³-hybridized carbons (Fsp3) is 0.292. The fourth-order valence-electron chi connectivity index (χ4n) is 3.92. The number of ether oxygens (including phenoxy) is 1. The number of hydrogen-bond acceptors (Lipinski definition) is 4. The standard InChI is InChI=1S/C24H25NO3S/c26-24(27)19-11-13-25(14-12-19)23(22-10-5-15-29-22)20-8-4-9-21(16-20)28-17-18-6-2-1-3-7-18/h1-10,15-16,19,23H,11-14,17H2,(H,26,27). The van der Waals surface area contributed by atoms with Gasteiger partial charge in [0.15, 0.2) is 0 Å². The Morgan fingerprint density at radius 3 is 2.55 bits per heavy atom. The molecule has 1 aliphatic heterocycles. The molecular weight excluding hydrogens is 382 g/mol. The van der Waals surface area contributed by atoms with Crippen LogP contribution in [-0.2, 0) is 11.4 Å². The molecule has 1 fully saturated rings. The summed E-state index contributed by atoms with van der Waals surface area (Å²) in [7, 11) is 0. The fourth-order valence-corrected chi connectivity index (χ4v) is 4.81. The van der Waals surface area contributed by atoms with Crippen molar-refractivity contribution in [3.8, 4) is 5.75 Å². The highest BCUT2D eigenvalue weighted by atomic mass is 32.1. The van der Waals surface area contributed by atoms with Crippen LogP contribution in [0.4, 0.5) is 0 Å². The average molecular weight is 408 g/mol. The van der Waals surface area contributed by atoms with E-state index >= 15 is 0 Å². The SMILES string of the molecule is O=C(O)C1CCN(C(c2cccc(OCc3ccccc3)c2)c2cccs2)CC1. The molecule has 4 nitrogen and oxygen atoms in total. The normalized spacial score (nSPS) is 16.4. The van der Waals surface area contributed by atoms with E-state index in [-0.39, 0.29) is 12.0 Å². The highest BCUT2D eigenvalue weighted by Gasteiger charge is 2.30. The summed E-state index contributed by atoms with van der Waals surface area (Å²) < 4.78 is 6.04. The topological polar surface area (TPSA) is 49.8 Å². The van der Waals surface area contributed by atoms with Crippen molar-refractivity contribution in [3.63, 3.8) is 0 Å². The smallest absolute Gasteiger partial charge is 0.306 e. The van der Waals surface area contributed by atoms with Gasteiger partial charge in [-0.05, 0) is 60.6 Å². The zero-order valence-corrected chi connectivity index (χ0v) is 17.1. The molecule has 29 heavy (non-hydrogen) atoms. The third kappa shape index (κ3) is 4.86. The van der Waals surface area contributed by atoms with Gasteiger partial charge in [-0.25, -0.2) is 0 Å². The number of carboxylic acids is 1. The Balaban J connectivity index is 1.53. The molecule has 0 saturated carbocycles. The van der Waals surface area contributed by atoms with Crippen LogP contribution in [0.3, 0.4) is 0 Å². The largest absolute Gasteiger partial charge is 0.489 e. The van der Waals surface area contributed by atoms with Crippen LogP contribution in [-0.4, -0.2) is 29.1 Å². The minimum absolute atomic E-state index is 0.130. The molecular formula is C24H25NO3S. The van der Waals surface area contributed by atoms with Crippen LogP contribution in [0, 0.1) is 5.92 Å². The number of thiophene rings is 1. The summed E-state index contributed by atoms with van der Waals surface area (Å²) >= 11 is 1.74. The Kier molecular flexibility index (Phi) is 6.27. The summed E-state index contributed by atoms with van der Waals surface area (Å²) in [4.78, 5) is 15.0. The van der Waals surface area contributed by atoms with E-state index in [2.05, 4.69) is 46.7 Å². The second-order valence-electron chi connectivity index (χ2n) is 7.41. The molecule has 1 unspecified atom stereocenters. The van der Waals surface area contributed by atoms with Crippen molar-refractivity contribution in [2.45, 2.75) is 25.5 Å². The van der Waals surface area contributed by atoms with E-state index in [9.17, 15) is 9.90 Å². The van der Waals surface area contributed by atoms with Crippen molar-refractivity contribution >= 4 is 17.3 Å². The molecule has 1 aromatic heterocycles. The number of aliphatic carboxylic acids is 1. The summed E-state index contributed by atoms with van der Waals surface area (Å²) in [6, 6.07) is 22.8.